The Morgan fingerprint density at radius 1 is 1.32 bits per heavy atom. The molecule has 5 heteroatoms. The molecular weight excluding hydrogens is 300 g/mol. The summed E-state index contributed by atoms with van der Waals surface area (Å²) in [5, 5.41) is 13.9. The first-order chi connectivity index (χ1) is 10.6. The van der Waals surface area contributed by atoms with Gasteiger partial charge in [0.1, 0.15) is 11.5 Å². The van der Waals surface area contributed by atoms with Gasteiger partial charge in [-0.25, -0.2) is 0 Å². The van der Waals surface area contributed by atoms with Crippen LogP contribution in [0.5, 0.6) is 11.5 Å². The molecule has 116 valence electrons. The van der Waals surface area contributed by atoms with E-state index in [4.69, 9.17) is 22.1 Å². The van der Waals surface area contributed by atoms with Crippen LogP contribution in [0, 0.1) is 0 Å². The summed E-state index contributed by atoms with van der Waals surface area (Å²) in [6.45, 7) is 1.63. The van der Waals surface area contributed by atoms with Crippen LogP contribution in [0.15, 0.2) is 30.3 Å². The van der Waals surface area contributed by atoms with Crippen LogP contribution in [0.25, 0.3) is 0 Å². The minimum Gasteiger partial charge on any atom is -0.506 e. The third-order valence-corrected chi connectivity index (χ3v) is 4.64. The van der Waals surface area contributed by atoms with Crippen LogP contribution < -0.4 is 15.8 Å². The van der Waals surface area contributed by atoms with Crippen LogP contribution in [0.1, 0.15) is 22.6 Å². The van der Waals surface area contributed by atoms with Crippen LogP contribution in [0.3, 0.4) is 0 Å². The van der Waals surface area contributed by atoms with E-state index in [1.54, 1.807) is 13.2 Å². The zero-order chi connectivity index (χ0) is 15.7. The van der Waals surface area contributed by atoms with Gasteiger partial charge in [0.05, 0.1) is 17.8 Å². The van der Waals surface area contributed by atoms with E-state index in [0.717, 1.165) is 42.0 Å². The molecule has 0 amide bonds. The van der Waals surface area contributed by atoms with Crippen LogP contribution in [-0.2, 0) is 6.42 Å². The minimum absolute atomic E-state index is 0.0455. The monoisotopic (exact) mass is 318 g/mol. The molecule has 1 aliphatic heterocycles. The number of fused-ring (bicyclic) bond motifs is 1. The van der Waals surface area contributed by atoms with Gasteiger partial charge in [-0.1, -0.05) is 23.7 Å². The molecule has 0 spiro atoms. The second-order valence-electron chi connectivity index (χ2n) is 5.47. The maximum Gasteiger partial charge on any atom is 0.140 e. The van der Waals surface area contributed by atoms with Crippen molar-refractivity contribution >= 4 is 17.3 Å². The maximum absolute atomic E-state index is 10.0. The lowest BCUT2D eigenvalue weighted by molar-refractivity contribution is 0.414. The summed E-state index contributed by atoms with van der Waals surface area (Å²) in [7, 11) is 1.65. The summed E-state index contributed by atoms with van der Waals surface area (Å²) in [6.07, 6.45) is 0.797. The van der Waals surface area contributed by atoms with E-state index in [1.165, 1.54) is 0 Å². The molecule has 0 saturated carbocycles. The van der Waals surface area contributed by atoms with E-state index in [-0.39, 0.29) is 17.4 Å². The molecule has 1 heterocycles. The van der Waals surface area contributed by atoms with Crippen LogP contribution >= 0.6 is 11.6 Å². The van der Waals surface area contributed by atoms with Crippen LogP contribution in [0.2, 0.25) is 5.02 Å². The van der Waals surface area contributed by atoms with Gasteiger partial charge in [-0.2, -0.15) is 0 Å². The van der Waals surface area contributed by atoms with Crippen molar-refractivity contribution in [1.29, 1.82) is 0 Å². The number of nitrogens with two attached hydrogens (primary N) is 1. The third kappa shape index (κ3) is 2.60. The van der Waals surface area contributed by atoms with Crippen molar-refractivity contribution in [1.82, 2.24) is 5.32 Å². The van der Waals surface area contributed by atoms with Crippen molar-refractivity contribution in [3.8, 4) is 11.5 Å². The average molecular weight is 319 g/mol. The van der Waals surface area contributed by atoms with Crippen LogP contribution in [0.4, 0.5) is 5.69 Å². The topological polar surface area (TPSA) is 67.5 Å². The SMILES string of the molecule is COc1ccc(C2CNCCc3c2cc(O)c(N)c3Cl)cc1. The first-order valence-corrected chi connectivity index (χ1v) is 7.64. The number of anilines is 1. The van der Waals surface area contributed by atoms with E-state index in [2.05, 4.69) is 5.32 Å². The smallest absolute Gasteiger partial charge is 0.140 e. The largest absolute Gasteiger partial charge is 0.506 e. The van der Waals surface area contributed by atoms with Gasteiger partial charge in [-0.3, -0.25) is 0 Å². The number of nitrogens with one attached hydrogen (secondary N) is 1. The van der Waals surface area contributed by atoms with Crippen molar-refractivity contribution in [2.24, 2.45) is 0 Å². The first-order valence-electron chi connectivity index (χ1n) is 7.26. The highest BCUT2D eigenvalue weighted by atomic mass is 35.5. The van der Waals surface area contributed by atoms with E-state index in [1.807, 2.05) is 24.3 Å². The number of ether oxygens (including phenoxy) is 1. The van der Waals surface area contributed by atoms with E-state index in [9.17, 15) is 5.11 Å². The number of phenols is 1. The molecule has 1 unspecified atom stereocenters. The summed E-state index contributed by atoms with van der Waals surface area (Å²) < 4.78 is 5.21. The Labute approximate surface area is 134 Å². The van der Waals surface area contributed by atoms with E-state index < -0.39 is 0 Å². The highest BCUT2D eigenvalue weighted by Gasteiger charge is 2.24. The zero-order valence-corrected chi connectivity index (χ0v) is 13.2. The first kappa shape index (κ1) is 15.0. The molecule has 22 heavy (non-hydrogen) atoms. The lowest BCUT2D eigenvalue weighted by Gasteiger charge is -2.20. The molecule has 1 atom stereocenters. The summed E-state index contributed by atoms with van der Waals surface area (Å²) in [6, 6.07) is 9.72. The van der Waals surface area contributed by atoms with Gasteiger partial charge < -0.3 is 20.9 Å². The van der Waals surface area contributed by atoms with Crippen molar-refractivity contribution < 1.29 is 9.84 Å². The summed E-state index contributed by atoms with van der Waals surface area (Å²) >= 11 is 6.36. The lowest BCUT2D eigenvalue weighted by atomic mass is 9.87. The third-order valence-electron chi connectivity index (χ3n) is 4.21. The predicted octanol–water partition coefficient (Wildman–Crippen LogP) is 2.91. The number of nitrogen functional groups attached to an aromatic ring is 1. The van der Waals surface area contributed by atoms with Gasteiger partial charge in [-0.15, -0.1) is 0 Å². The molecular formula is C17H19ClN2O2. The van der Waals surface area contributed by atoms with Gasteiger partial charge in [0.2, 0.25) is 0 Å². The summed E-state index contributed by atoms with van der Waals surface area (Å²) in [5.74, 6) is 0.986. The second-order valence-corrected chi connectivity index (χ2v) is 5.85. The molecule has 4 N–H and O–H groups in total. The Balaban J connectivity index is 2.10. The van der Waals surface area contributed by atoms with Crippen molar-refractivity contribution in [3.05, 3.63) is 52.0 Å². The number of rotatable bonds is 2. The minimum atomic E-state index is 0.0455. The number of benzene rings is 2. The highest BCUT2D eigenvalue weighted by molar-refractivity contribution is 6.34. The number of aromatic hydroxyl groups is 1. The number of phenolic OH excluding ortho intramolecular Hbond substituents is 1. The Kier molecular flexibility index (Phi) is 4.14. The van der Waals surface area contributed by atoms with E-state index >= 15 is 0 Å². The quantitative estimate of drug-likeness (QED) is 0.588. The molecule has 0 fully saturated rings. The van der Waals surface area contributed by atoms with Crippen LogP contribution in [-0.4, -0.2) is 25.3 Å². The normalized spacial score (nSPS) is 17.6. The number of halogens is 1. The Morgan fingerprint density at radius 3 is 2.73 bits per heavy atom. The standard InChI is InChI=1S/C17H19ClN2O2/c1-22-11-4-2-10(3-5-11)14-9-20-7-6-12-13(14)8-15(21)17(19)16(12)18/h2-5,8,14,20-21H,6-7,9,19H2,1H3. The molecule has 3 rings (SSSR count). The van der Waals surface area contributed by atoms with Gasteiger partial charge in [-0.05, 0) is 47.9 Å². The fraction of sp³-hybridized carbons (Fsp3) is 0.294. The van der Waals surface area contributed by atoms with Gasteiger partial charge >= 0.3 is 0 Å². The molecule has 0 aromatic heterocycles. The Morgan fingerprint density at radius 2 is 2.05 bits per heavy atom. The number of hydrogen-bond donors (Lipinski definition) is 3. The molecule has 0 bridgehead atoms. The second kappa shape index (κ2) is 6.07. The number of methoxy groups -OCH3 is 1. The fourth-order valence-corrected chi connectivity index (χ4v) is 3.28. The molecule has 1 aliphatic rings. The molecule has 0 saturated heterocycles. The highest BCUT2D eigenvalue weighted by Crippen LogP contribution is 2.40. The fourth-order valence-electron chi connectivity index (χ4n) is 2.98. The van der Waals surface area contributed by atoms with Crippen molar-refractivity contribution in [2.75, 3.05) is 25.9 Å². The molecule has 0 radical (unpaired) electrons. The molecule has 4 nitrogen and oxygen atoms in total. The molecule has 2 aromatic carbocycles. The van der Waals surface area contributed by atoms with Crippen molar-refractivity contribution in [3.63, 3.8) is 0 Å². The van der Waals surface area contributed by atoms with Gasteiger partial charge in [0, 0.05) is 12.5 Å². The summed E-state index contributed by atoms with van der Waals surface area (Å²) in [4.78, 5) is 0. The van der Waals surface area contributed by atoms with E-state index in [0.29, 0.717) is 5.02 Å². The van der Waals surface area contributed by atoms with Gasteiger partial charge in [0.25, 0.3) is 0 Å². The molecule has 0 aliphatic carbocycles. The maximum atomic E-state index is 10.0. The predicted molar refractivity (Wildman–Crippen MR) is 88.9 cm³/mol. The summed E-state index contributed by atoms with van der Waals surface area (Å²) in [5.41, 5.74) is 9.32. The Hall–Kier alpha value is -1.91. The number of hydrogen-bond acceptors (Lipinski definition) is 4. The Bertz CT molecular complexity index is 686. The van der Waals surface area contributed by atoms with Gasteiger partial charge in [0.15, 0.2) is 0 Å². The van der Waals surface area contributed by atoms with Crippen molar-refractivity contribution in [2.45, 2.75) is 12.3 Å². The average Bonchev–Trinajstić information content (AvgIpc) is 2.75. The molecule has 2 aromatic rings. The lowest BCUT2D eigenvalue weighted by Crippen LogP contribution is -2.20. The zero-order valence-electron chi connectivity index (χ0n) is 12.4.